The van der Waals surface area contributed by atoms with Crippen molar-refractivity contribution in [2.75, 3.05) is 12.4 Å². The fraction of sp³-hybridized carbons (Fsp3) is 0.667. The minimum atomic E-state index is -0.0936. The van der Waals surface area contributed by atoms with Crippen LogP contribution in [0.3, 0.4) is 0 Å². The minimum Gasteiger partial charge on any atom is -0.367 e. The Hall–Kier alpha value is -1.36. The van der Waals surface area contributed by atoms with E-state index < -0.39 is 0 Å². The molecule has 3 N–H and O–H groups in total. The van der Waals surface area contributed by atoms with Gasteiger partial charge in [0.05, 0.1) is 0 Å². The second kappa shape index (κ2) is 5.31. The van der Waals surface area contributed by atoms with Crippen LogP contribution < -0.4 is 16.2 Å². The Morgan fingerprint density at radius 1 is 1.29 bits per heavy atom. The average molecular weight is 236 g/mol. The van der Waals surface area contributed by atoms with Crippen LogP contribution in [0.25, 0.3) is 0 Å². The Balaban J connectivity index is 1.95. The van der Waals surface area contributed by atoms with Gasteiger partial charge in [0.2, 0.25) is 0 Å². The molecule has 0 saturated heterocycles. The number of aromatic nitrogens is 2. The van der Waals surface area contributed by atoms with Crippen molar-refractivity contribution in [2.45, 2.75) is 44.7 Å². The number of rotatable bonds is 3. The van der Waals surface area contributed by atoms with E-state index in [4.69, 9.17) is 0 Å². The van der Waals surface area contributed by atoms with Gasteiger partial charge in [0.15, 0.2) is 0 Å². The predicted octanol–water partition coefficient (Wildman–Crippen LogP) is 1.02. The number of H-pyrrole nitrogens is 1. The molecule has 1 saturated carbocycles. The number of anilines is 1. The Bertz CT molecular complexity index is 421. The van der Waals surface area contributed by atoms with Gasteiger partial charge in [0.1, 0.15) is 11.6 Å². The van der Waals surface area contributed by atoms with Crippen molar-refractivity contribution in [2.24, 2.45) is 0 Å². The largest absolute Gasteiger partial charge is 0.367 e. The Labute approximate surface area is 101 Å². The molecule has 1 aliphatic rings. The maximum atomic E-state index is 11.3. The summed E-state index contributed by atoms with van der Waals surface area (Å²) < 4.78 is 0. The highest BCUT2D eigenvalue weighted by Gasteiger charge is 2.19. The van der Waals surface area contributed by atoms with E-state index in [-0.39, 0.29) is 5.56 Å². The van der Waals surface area contributed by atoms with Gasteiger partial charge in [-0.05, 0) is 39.7 Å². The summed E-state index contributed by atoms with van der Waals surface area (Å²) in [7, 11) is 2.01. The van der Waals surface area contributed by atoms with Crippen molar-refractivity contribution in [3.63, 3.8) is 0 Å². The third-order valence-corrected chi connectivity index (χ3v) is 3.35. The molecule has 5 nitrogen and oxygen atoms in total. The molecule has 0 amide bonds. The summed E-state index contributed by atoms with van der Waals surface area (Å²) in [5.74, 6) is 1.35. The van der Waals surface area contributed by atoms with Gasteiger partial charge in [0, 0.05) is 18.2 Å². The second-order valence-electron chi connectivity index (χ2n) is 4.70. The first-order valence-corrected chi connectivity index (χ1v) is 6.19. The lowest BCUT2D eigenvalue weighted by Gasteiger charge is -2.29. The number of aromatic amines is 1. The Morgan fingerprint density at radius 2 is 1.94 bits per heavy atom. The molecule has 5 heteroatoms. The van der Waals surface area contributed by atoms with E-state index in [1.807, 2.05) is 7.05 Å². The molecule has 94 valence electrons. The molecule has 0 atom stereocenters. The van der Waals surface area contributed by atoms with Crippen molar-refractivity contribution in [3.05, 3.63) is 22.2 Å². The first kappa shape index (κ1) is 12.1. The topological polar surface area (TPSA) is 69.8 Å². The molecule has 0 unspecified atom stereocenters. The molecule has 2 rings (SSSR count). The third-order valence-electron chi connectivity index (χ3n) is 3.35. The van der Waals surface area contributed by atoms with E-state index in [0.717, 1.165) is 12.8 Å². The van der Waals surface area contributed by atoms with Crippen molar-refractivity contribution < 1.29 is 0 Å². The summed E-state index contributed by atoms with van der Waals surface area (Å²) in [4.78, 5) is 18.2. The lowest BCUT2D eigenvalue weighted by molar-refractivity contribution is 0.371. The first-order valence-electron chi connectivity index (χ1n) is 6.19. The molecule has 0 spiro atoms. The van der Waals surface area contributed by atoms with Gasteiger partial charge >= 0.3 is 0 Å². The SMILES string of the molecule is CNC1CCC(Nc2cc(=O)[nH]c(C)n2)CC1. The van der Waals surface area contributed by atoms with Crippen molar-refractivity contribution in [3.8, 4) is 0 Å². The van der Waals surface area contributed by atoms with Crippen LogP contribution in [0, 0.1) is 6.92 Å². The summed E-state index contributed by atoms with van der Waals surface area (Å²) in [6.45, 7) is 1.80. The lowest BCUT2D eigenvalue weighted by Crippen LogP contribution is -2.35. The number of hydrogen-bond acceptors (Lipinski definition) is 4. The van der Waals surface area contributed by atoms with Crippen LogP contribution in [0.5, 0.6) is 0 Å². The first-order chi connectivity index (χ1) is 8.17. The van der Waals surface area contributed by atoms with Crippen molar-refractivity contribution >= 4 is 5.82 Å². The van der Waals surface area contributed by atoms with Crippen LogP contribution in [-0.4, -0.2) is 29.1 Å². The predicted molar refractivity (Wildman–Crippen MR) is 68.3 cm³/mol. The van der Waals surface area contributed by atoms with Crippen molar-refractivity contribution in [1.29, 1.82) is 0 Å². The van der Waals surface area contributed by atoms with Crippen LogP contribution >= 0.6 is 0 Å². The molecule has 17 heavy (non-hydrogen) atoms. The van der Waals surface area contributed by atoms with Crippen LogP contribution in [0.4, 0.5) is 5.82 Å². The normalized spacial score (nSPS) is 24.6. The second-order valence-corrected chi connectivity index (χ2v) is 4.70. The van der Waals surface area contributed by atoms with Crippen LogP contribution in [0.2, 0.25) is 0 Å². The number of nitrogens with zero attached hydrogens (tertiary/aromatic N) is 1. The summed E-state index contributed by atoms with van der Waals surface area (Å²) in [6.07, 6.45) is 4.60. The average Bonchev–Trinajstić information content (AvgIpc) is 2.28. The maximum Gasteiger partial charge on any atom is 0.252 e. The molecule has 0 radical (unpaired) electrons. The fourth-order valence-electron chi connectivity index (χ4n) is 2.39. The third kappa shape index (κ3) is 3.30. The van der Waals surface area contributed by atoms with E-state index in [9.17, 15) is 4.79 Å². The molecule has 0 bridgehead atoms. The van der Waals surface area contributed by atoms with Gasteiger partial charge in [-0.3, -0.25) is 4.79 Å². The zero-order valence-corrected chi connectivity index (χ0v) is 10.4. The number of nitrogens with one attached hydrogen (secondary N) is 3. The summed E-state index contributed by atoms with van der Waals surface area (Å²) in [5.41, 5.74) is -0.0936. The van der Waals surface area contributed by atoms with E-state index in [2.05, 4.69) is 20.6 Å². The smallest absolute Gasteiger partial charge is 0.252 e. The van der Waals surface area contributed by atoms with Gasteiger partial charge in [-0.25, -0.2) is 4.98 Å². The van der Waals surface area contributed by atoms with Crippen LogP contribution in [0.1, 0.15) is 31.5 Å². The minimum absolute atomic E-state index is 0.0936. The molecule has 1 fully saturated rings. The molecule has 1 aliphatic carbocycles. The quantitative estimate of drug-likeness (QED) is 0.733. The molecule has 1 aromatic rings. The summed E-state index contributed by atoms with van der Waals surface area (Å²) in [5, 5.41) is 6.66. The van der Waals surface area contributed by atoms with E-state index in [1.165, 1.54) is 18.9 Å². The maximum absolute atomic E-state index is 11.3. The Morgan fingerprint density at radius 3 is 2.53 bits per heavy atom. The van der Waals surface area contributed by atoms with Gasteiger partial charge in [-0.1, -0.05) is 0 Å². The highest BCUT2D eigenvalue weighted by Crippen LogP contribution is 2.20. The molecule has 1 heterocycles. The highest BCUT2D eigenvalue weighted by molar-refractivity contribution is 5.34. The van der Waals surface area contributed by atoms with Gasteiger partial charge < -0.3 is 15.6 Å². The van der Waals surface area contributed by atoms with Crippen LogP contribution in [-0.2, 0) is 0 Å². The van der Waals surface area contributed by atoms with E-state index in [0.29, 0.717) is 23.7 Å². The number of hydrogen-bond donors (Lipinski definition) is 3. The molecular weight excluding hydrogens is 216 g/mol. The van der Waals surface area contributed by atoms with Crippen molar-refractivity contribution in [1.82, 2.24) is 15.3 Å². The lowest BCUT2D eigenvalue weighted by atomic mass is 9.91. The highest BCUT2D eigenvalue weighted by atomic mass is 16.1. The van der Waals surface area contributed by atoms with E-state index in [1.54, 1.807) is 6.92 Å². The van der Waals surface area contributed by atoms with Gasteiger partial charge in [-0.15, -0.1) is 0 Å². The molecule has 0 aromatic carbocycles. The summed E-state index contributed by atoms with van der Waals surface area (Å²) in [6, 6.07) is 2.60. The monoisotopic (exact) mass is 236 g/mol. The number of aryl methyl sites for hydroxylation is 1. The Kier molecular flexibility index (Phi) is 3.78. The molecule has 0 aliphatic heterocycles. The van der Waals surface area contributed by atoms with Gasteiger partial charge in [0.25, 0.3) is 5.56 Å². The van der Waals surface area contributed by atoms with Gasteiger partial charge in [-0.2, -0.15) is 0 Å². The zero-order chi connectivity index (χ0) is 12.3. The van der Waals surface area contributed by atoms with E-state index >= 15 is 0 Å². The molecular formula is C12H20N4O. The summed E-state index contributed by atoms with van der Waals surface area (Å²) >= 11 is 0. The standard InChI is InChI=1S/C12H20N4O/c1-8-14-11(7-12(17)15-8)16-10-5-3-9(13-2)4-6-10/h7,9-10,13H,3-6H2,1-2H3,(H2,14,15,16,17). The molecule has 1 aromatic heterocycles. The fourth-order valence-corrected chi connectivity index (χ4v) is 2.39. The van der Waals surface area contributed by atoms with Crippen LogP contribution in [0.15, 0.2) is 10.9 Å². The zero-order valence-electron chi connectivity index (χ0n) is 10.4.